The lowest BCUT2D eigenvalue weighted by Gasteiger charge is -2.21. The molecule has 0 radical (unpaired) electrons. The highest BCUT2D eigenvalue weighted by Crippen LogP contribution is 2.30. The third-order valence-electron chi connectivity index (χ3n) is 3.23. The first-order valence-corrected chi connectivity index (χ1v) is 7.29. The maximum Gasteiger partial charge on any atom is 0.323 e. The second-order valence-corrected chi connectivity index (χ2v) is 6.02. The molecule has 0 heterocycles. The number of carbonyl (C=O) groups excluding carboxylic acids is 1. The smallest absolute Gasteiger partial charge is 0.323 e. The van der Waals surface area contributed by atoms with Crippen LogP contribution in [0, 0.1) is 12.8 Å². The molecule has 0 aromatic heterocycles. The number of carboxylic acid groups (broad SMARTS) is 1. The number of anilines is 1. The van der Waals surface area contributed by atoms with Crippen molar-refractivity contribution in [1.29, 1.82) is 0 Å². The van der Waals surface area contributed by atoms with Crippen LogP contribution in [0.15, 0.2) is 22.7 Å². The Labute approximate surface area is 126 Å². The minimum absolute atomic E-state index is 0.268. The normalized spacial score (nSPS) is 13.9. The van der Waals surface area contributed by atoms with Crippen molar-refractivity contribution in [3.63, 3.8) is 0 Å². The lowest BCUT2D eigenvalue weighted by atomic mass is 10.2. The van der Waals surface area contributed by atoms with Crippen molar-refractivity contribution < 1.29 is 14.7 Å². The molecule has 2 rings (SSSR count). The fourth-order valence-corrected chi connectivity index (χ4v) is 2.28. The summed E-state index contributed by atoms with van der Waals surface area (Å²) in [4.78, 5) is 24.4. The van der Waals surface area contributed by atoms with Crippen LogP contribution in [-0.2, 0) is 4.79 Å². The molecule has 6 heteroatoms. The van der Waals surface area contributed by atoms with Crippen molar-refractivity contribution in [2.45, 2.75) is 19.8 Å². The van der Waals surface area contributed by atoms with Crippen LogP contribution in [0.25, 0.3) is 0 Å². The SMILES string of the molecule is Cc1ccc(Br)cc1NC(=O)N(CC(=O)O)CC1CC1. The van der Waals surface area contributed by atoms with Gasteiger partial charge in [0.1, 0.15) is 6.54 Å². The summed E-state index contributed by atoms with van der Waals surface area (Å²) in [6.45, 7) is 2.13. The average molecular weight is 341 g/mol. The number of nitrogens with zero attached hydrogens (tertiary/aromatic N) is 1. The largest absolute Gasteiger partial charge is 0.480 e. The number of aryl methyl sites for hydroxylation is 1. The number of rotatable bonds is 5. The van der Waals surface area contributed by atoms with Crippen LogP contribution in [0.5, 0.6) is 0 Å². The fraction of sp³-hybridized carbons (Fsp3) is 0.429. The van der Waals surface area contributed by atoms with Crippen molar-refractivity contribution in [3.05, 3.63) is 28.2 Å². The topological polar surface area (TPSA) is 69.6 Å². The summed E-state index contributed by atoms with van der Waals surface area (Å²) in [7, 11) is 0. The zero-order chi connectivity index (χ0) is 14.7. The maximum absolute atomic E-state index is 12.2. The Bertz CT molecular complexity index is 529. The molecular weight excluding hydrogens is 324 g/mol. The lowest BCUT2D eigenvalue weighted by molar-refractivity contribution is -0.137. The Morgan fingerprint density at radius 1 is 1.45 bits per heavy atom. The molecule has 1 aromatic carbocycles. The van der Waals surface area contributed by atoms with Gasteiger partial charge in [0.2, 0.25) is 0 Å². The number of urea groups is 1. The fourth-order valence-electron chi connectivity index (χ4n) is 1.92. The Morgan fingerprint density at radius 3 is 2.75 bits per heavy atom. The van der Waals surface area contributed by atoms with Gasteiger partial charge in [0.25, 0.3) is 0 Å². The van der Waals surface area contributed by atoms with E-state index in [9.17, 15) is 9.59 Å². The zero-order valence-corrected chi connectivity index (χ0v) is 12.8. The third-order valence-corrected chi connectivity index (χ3v) is 3.72. The Kier molecular flexibility index (Phi) is 4.65. The molecule has 0 bridgehead atoms. The van der Waals surface area contributed by atoms with E-state index in [0.717, 1.165) is 22.9 Å². The molecule has 1 fully saturated rings. The third kappa shape index (κ3) is 4.23. The molecule has 1 aromatic rings. The van der Waals surface area contributed by atoms with Gasteiger partial charge in [0, 0.05) is 16.7 Å². The number of amides is 2. The van der Waals surface area contributed by atoms with E-state index in [-0.39, 0.29) is 12.6 Å². The number of carbonyl (C=O) groups is 2. The van der Waals surface area contributed by atoms with Crippen LogP contribution < -0.4 is 5.32 Å². The van der Waals surface area contributed by atoms with Gasteiger partial charge in [-0.25, -0.2) is 4.79 Å². The average Bonchev–Trinajstić information content (AvgIpc) is 3.16. The van der Waals surface area contributed by atoms with Crippen LogP contribution >= 0.6 is 15.9 Å². The van der Waals surface area contributed by atoms with Gasteiger partial charge in [-0.3, -0.25) is 4.79 Å². The summed E-state index contributed by atoms with van der Waals surface area (Å²) in [6, 6.07) is 5.23. The first-order valence-electron chi connectivity index (χ1n) is 6.49. The molecule has 5 nitrogen and oxygen atoms in total. The van der Waals surface area contributed by atoms with E-state index >= 15 is 0 Å². The highest BCUT2D eigenvalue weighted by molar-refractivity contribution is 9.10. The molecule has 1 saturated carbocycles. The van der Waals surface area contributed by atoms with Gasteiger partial charge in [0.05, 0.1) is 0 Å². The molecule has 2 N–H and O–H groups in total. The highest BCUT2D eigenvalue weighted by Gasteiger charge is 2.28. The molecule has 0 spiro atoms. The second kappa shape index (κ2) is 6.26. The molecule has 2 amide bonds. The second-order valence-electron chi connectivity index (χ2n) is 5.11. The summed E-state index contributed by atoms with van der Waals surface area (Å²) in [5, 5.41) is 11.7. The van der Waals surface area contributed by atoms with Crippen LogP contribution in [0.4, 0.5) is 10.5 Å². The predicted molar refractivity (Wildman–Crippen MR) is 79.8 cm³/mol. The summed E-state index contributed by atoms with van der Waals surface area (Å²) < 4.78 is 0.866. The van der Waals surface area contributed by atoms with Crippen molar-refractivity contribution in [2.75, 3.05) is 18.4 Å². The quantitative estimate of drug-likeness (QED) is 0.865. The molecule has 0 unspecified atom stereocenters. The van der Waals surface area contributed by atoms with Gasteiger partial charge in [-0.1, -0.05) is 22.0 Å². The van der Waals surface area contributed by atoms with Crippen molar-refractivity contribution in [3.8, 4) is 0 Å². The van der Waals surface area contributed by atoms with Crippen LogP contribution in [0.2, 0.25) is 0 Å². The van der Waals surface area contributed by atoms with Crippen molar-refractivity contribution >= 4 is 33.6 Å². The van der Waals surface area contributed by atoms with Gasteiger partial charge in [0.15, 0.2) is 0 Å². The molecule has 108 valence electrons. The predicted octanol–water partition coefficient (Wildman–Crippen LogP) is 3.09. The summed E-state index contributed by atoms with van der Waals surface area (Å²) in [5.41, 5.74) is 1.62. The standard InChI is InChI=1S/C14H17BrN2O3/c1-9-2-5-11(15)6-12(9)16-14(20)17(8-13(18)19)7-10-3-4-10/h2,5-6,10H,3-4,7-8H2,1H3,(H,16,20)(H,18,19). The maximum atomic E-state index is 12.2. The van der Waals surface area contributed by atoms with Crippen LogP contribution in [0.1, 0.15) is 18.4 Å². The van der Waals surface area contributed by atoms with E-state index in [1.54, 1.807) is 0 Å². The lowest BCUT2D eigenvalue weighted by Crippen LogP contribution is -2.40. The summed E-state index contributed by atoms with van der Waals surface area (Å²) in [5.74, 6) is -0.546. The van der Waals surface area contributed by atoms with Crippen molar-refractivity contribution in [1.82, 2.24) is 4.90 Å². The number of aliphatic carboxylic acids is 1. The number of hydrogen-bond acceptors (Lipinski definition) is 2. The van der Waals surface area contributed by atoms with Gasteiger partial charge >= 0.3 is 12.0 Å². The molecule has 20 heavy (non-hydrogen) atoms. The minimum atomic E-state index is -0.994. The highest BCUT2D eigenvalue weighted by atomic mass is 79.9. The first-order chi connectivity index (χ1) is 9.45. The molecule has 0 atom stereocenters. The molecule has 1 aliphatic carbocycles. The van der Waals surface area contributed by atoms with Gasteiger partial charge in [-0.05, 0) is 43.4 Å². The van der Waals surface area contributed by atoms with E-state index < -0.39 is 5.97 Å². The van der Waals surface area contributed by atoms with Crippen molar-refractivity contribution in [2.24, 2.45) is 5.92 Å². The van der Waals surface area contributed by atoms with E-state index in [1.807, 2.05) is 25.1 Å². The van der Waals surface area contributed by atoms with E-state index in [1.165, 1.54) is 4.90 Å². The molecule has 0 saturated heterocycles. The van der Waals surface area contributed by atoms with Crippen LogP contribution in [-0.4, -0.2) is 35.1 Å². The van der Waals surface area contributed by atoms with E-state index in [0.29, 0.717) is 18.2 Å². The monoisotopic (exact) mass is 340 g/mol. The number of carboxylic acids is 1. The number of benzene rings is 1. The van der Waals surface area contributed by atoms with Gasteiger partial charge in [-0.15, -0.1) is 0 Å². The molecule has 1 aliphatic rings. The number of halogens is 1. The molecule has 0 aliphatic heterocycles. The van der Waals surface area contributed by atoms with Gasteiger partial charge < -0.3 is 15.3 Å². The minimum Gasteiger partial charge on any atom is -0.480 e. The number of hydrogen-bond donors (Lipinski definition) is 2. The summed E-state index contributed by atoms with van der Waals surface area (Å²) >= 11 is 3.35. The number of nitrogens with one attached hydrogen (secondary N) is 1. The Hall–Kier alpha value is -1.56. The Balaban J connectivity index is 2.06. The van der Waals surface area contributed by atoms with E-state index in [4.69, 9.17) is 5.11 Å². The Morgan fingerprint density at radius 2 is 2.15 bits per heavy atom. The first kappa shape index (κ1) is 14.8. The van der Waals surface area contributed by atoms with Crippen LogP contribution in [0.3, 0.4) is 0 Å². The van der Waals surface area contributed by atoms with E-state index in [2.05, 4.69) is 21.2 Å². The zero-order valence-electron chi connectivity index (χ0n) is 11.2. The summed E-state index contributed by atoms with van der Waals surface area (Å²) in [6.07, 6.45) is 2.14. The molecular formula is C14H17BrN2O3. The van der Waals surface area contributed by atoms with Gasteiger partial charge in [-0.2, -0.15) is 0 Å².